The number of amides is 3. The number of para-hydroxylation sites is 1. The second-order valence-corrected chi connectivity index (χ2v) is 8.63. The van der Waals surface area contributed by atoms with Gasteiger partial charge in [-0.1, -0.05) is 66.7 Å². The first kappa shape index (κ1) is 23.2. The fraction of sp³-hybridized carbons (Fsp3) is 0.0385. The lowest BCUT2D eigenvalue weighted by molar-refractivity contribution is -0.117. The van der Waals surface area contributed by atoms with Crippen molar-refractivity contribution in [2.24, 2.45) is 4.99 Å². The molecule has 0 radical (unpaired) electrons. The molecule has 2 heterocycles. The average Bonchev–Trinajstić information content (AvgIpc) is 3.20. The maximum Gasteiger partial charge on any atom is 0.272 e. The van der Waals surface area contributed by atoms with Gasteiger partial charge in [-0.3, -0.25) is 19.5 Å². The lowest BCUT2D eigenvalue weighted by atomic mass is 10.0. The second kappa shape index (κ2) is 9.96. The number of anilines is 2. The van der Waals surface area contributed by atoms with E-state index in [2.05, 4.69) is 47.1 Å². The van der Waals surface area contributed by atoms with Gasteiger partial charge < -0.3 is 16.0 Å². The summed E-state index contributed by atoms with van der Waals surface area (Å²) in [4.78, 5) is 43.2. The lowest BCUT2D eigenvalue weighted by Crippen LogP contribution is -2.42. The number of nitrogens with one attached hydrogen (secondary N) is 4. The van der Waals surface area contributed by atoms with Crippen LogP contribution in [0.1, 0.15) is 32.0 Å². The second-order valence-electron chi connectivity index (χ2n) is 7.84. The average molecular weight is 543 g/mol. The van der Waals surface area contributed by atoms with Crippen LogP contribution in [0.25, 0.3) is 0 Å². The number of aliphatic imine (C=N–C) groups is 1. The molecule has 1 unspecified atom stereocenters. The van der Waals surface area contributed by atoms with Gasteiger partial charge in [-0.15, -0.1) is 0 Å². The van der Waals surface area contributed by atoms with E-state index in [4.69, 9.17) is 0 Å². The van der Waals surface area contributed by atoms with Gasteiger partial charge in [0, 0.05) is 16.7 Å². The number of benzene rings is 3. The van der Waals surface area contributed by atoms with Crippen molar-refractivity contribution in [3.63, 3.8) is 0 Å². The Hall–Kier alpha value is -4.57. The lowest BCUT2D eigenvalue weighted by Gasteiger charge is -2.13. The highest BCUT2D eigenvalue weighted by molar-refractivity contribution is 9.10. The van der Waals surface area contributed by atoms with Crippen molar-refractivity contribution in [3.8, 4) is 0 Å². The largest absolute Gasteiger partial charge is 0.322 e. The van der Waals surface area contributed by atoms with Crippen LogP contribution < -0.4 is 16.0 Å². The van der Waals surface area contributed by atoms with Crippen LogP contribution in [0.15, 0.2) is 94.4 Å². The van der Waals surface area contributed by atoms with E-state index in [0.29, 0.717) is 17.0 Å². The predicted molar refractivity (Wildman–Crippen MR) is 139 cm³/mol. The van der Waals surface area contributed by atoms with E-state index >= 15 is 0 Å². The molecule has 3 aromatic carbocycles. The van der Waals surface area contributed by atoms with Crippen LogP contribution in [-0.2, 0) is 4.79 Å². The number of hydrogen-bond acceptors (Lipinski definition) is 5. The first-order valence-electron chi connectivity index (χ1n) is 11.0. The fourth-order valence-electron chi connectivity index (χ4n) is 3.71. The highest BCUT2D eigenvalue weighted by Crippen LogP contribution is 2.26. The predicted octanol–water partition coefficient (Wildman–Crippen LogP) is 3.97. The molecule has 1 aliphatic rings. The number of halogens is 1. The minimum atomic E-state index is -1.21. The molecule has 0 spiro atoms. The monoisotopic (exact) mass is 542 g/mol. The molecule has 10 heteroatoms. The van der Waals surface area contributed by atoms with Crippen LogP contribution in [0.3, 0.4) is 0 Å². The SMILES string of the molecule is O=C(Nc1n[nH]c(C(=O)NC2N=C(c3ccccc3)c3ccccc3NC2=O)c1Br)c1ccccc1. The number of carbonyl (C=O) groups is 3. The highest BCUT2D eigenvalue weighted by Gasteiger charge is 2.29. The fourth-order valence-corrected chi connectivity index (χ4v) is 4.16. The Labute approximate surface area is 214 Å². The summed E-state index contributed by atoms with van der Waals surface area (Å²) in [5.74, 6) is -1.36. The summed E-state index contributed by atoms with van der Waals surface area (Å²) in [5.41, 5.74) is 3.17. The smallest absolute Gasteiger partial charge is 0.272 e. The summed E-state index contributed by atoms with van der Waals surface area (Å²) in [6.07, 6.45) is -1.21. The maximum atomic E-state index is 13.1. The molecule has 0 aliphatic carbocycles. The van der Waals surface area contributed by atoms with Gasteiger partial charge in [-0.2, -0.15) is 5.10 Å². The Morgan fingerprint density at radius 3 is 2.28 bits per heavy atom. The topological polar surface area (TPSA) is 128 Å². The molecule has 0 bridgehead atoms. The van der Waals surface area contributed by atoms with Gasteiger partial charge in [0.05, 0.1) is 15.9 Å². The zero-order valence-corrected chi connectivity index (χ0v) is 20.2. The summed E-state index contributed by atoms with van der Waals surface area (Å²) in [7, 11) is 0. The molecule has 3 amide bonds. The minimum absolute atomic E-state index is 0.0318. The van der Waals surface area contributed by atoms with Crippen LogP contribution in [0, 0.1) is 0 Å². The van der Waals surface area contributed by atoms with Crippen LogP contribution in [0.5, 0.6) is 0 Å². The third kappa shape index (κ3) is 4.66. The van der Waals surface area contributed by atoms with Crippen molar-refractivity contribution < 1.29 is 14.4 Å². The Kier molecular flexibility index (Phi) is 6.42. The van der Waals surface area contributed by atoms with Gasteiger partial charge in [-0.25, -0.2) is 4.99 Å². The molecule has 1 atom stereocenters. The minimum Gasteiger partial charge on any atom is -0.322 e. The van der Waals surface area contributed by atoms with Gasteiger partial charge >= 0.3 is 0 Å². The number of hydrogen-bond donors (Lipinski definition) is 4. The van der Waals surface area contributed by atoms with Crippen LogP contribution in [0.4, 0.5) is 11.5 Å². The zero-order valence-electron chi connectivity index (χ0n) is 18.7. The Bertz CT molecular complexity index is 1480. The van der Waals surface area contributed by atoms with Crippen molar-refractivity contribution in [3.05, 3.63) is 112 Å². The molecule has 4 aromatic rings. The number of H-pyrrole nitrogens is 1. The molecule has 5 rings (SSSR count). The number of nitrogens with zero attached hydrogens (tertiary/aromatic N) is 2. The first-order valence-corrected chi connectivity index (χ1v) is 11.7. The van der Waals surface area contributed by atoms with E-state index in [1.165, 1.54) is 0 Å². The van der Waals surface area contributed by atoms with Crippen LogP contribution in [-0.4, -0.2) is 39.8 Å². The summed E-state index contributed by atoms with van der Waals surface area (Å²) >= 11 is 3.31. The zero-order chi connectivity index (χ0) is 25.1. The van der Waals surface area contributed by atoms with Gasteiger partial charge in [0.25, 0.3) is 17.7 Å². The summed E-state index contributed by atoms with van der Waals surface area (Å²) in [6.45, 7) is 0. The maximum absolute atomic E-state index is 13.1. The molecular weight excluding hydrogens is 524 g/mol. The third-order valence-electron chi connectivity index (χ3n) is 5.46. The van der Waals surface area contributed by atoms with Crippen molar-refractivity contribution >= 4 is 50.9 Å². The van der Waals surface area contributed by atoms with Crippen molar-refractivity contribution in [2.75, 3.05) is 10.6 Å². The molecule has 178 valence electrons. The van der Waals surface area contributed by atoms with Gasteiger partial charge in [0.15, 0.2) is 5.82 Å². The van der Waals surface area contributed by atoms with Gasteiger partial charge in [0.2, 0.25) is 6.17 Å². The molecule has 9 nitrogen and oxygen atoms in total. The number of rotatable bonds is 5. The van der Waals surface area contributed by atoms with Crippen LogP contribution >= 0.6 is 15.9 Å². The molecule has 36 heavy (non-hydrogen) atoms. The van der Waals surface area contributed by atoms with E-state index in [1.807, 2.05) is 48.5 Å². The van der Waals surface area contributed by atoms with Crippen LogP contribution in [0.2, 0.25) is 0 Å². The Balaban J connectivity index is 1.41. The number of benzodiazepines with no additional fused rings is 1. The molecular formula is C26H19BrN6O3. The standard InChI is InChI=1S/C26H19BrN6O3/c27-19-21(32-33-22(19)30-24(34)16-11-5-2-6-12-16)25(35)31-23-26(36)28-18-14-8-7-13-17(18)20(29-23)15-9-3-1-4-10-15/h1-14,23H,(H,28,36)(H,31,35)(H2,30,32,33,34). The summed E-state index contributed by atoms with van der Waals surface area (Å²) in [6, 6.07) is 25.3. The van der Waals surface area contributed by atoms with Gasteiger partial charge in [0.1, 0.15) is 5.69 Å². The Morgan fingerprint density at radius 2 is 1.53 bits per heavy atom. The van der Waals surface area contributed by atoms with E-state index < -0.39 is 18.0 Å². The Morgan fingerprint density at radius 1 is 0.861 bits per heavy atom. The molecule has 4 N–H and O–H groups in total. The summed E-state index contributed by atoms with van der Waals surface area (Å²) < 4.78 is 0.244. The van der Waals surface area contributed by atoms with Crippen molar-refractivity contribution in [2.45, 2.75) is 6.17 Å². The molecule has 1 aliphatic heterocycles. The number of carbonyl (C=O) groups excluding carboxylic acids is 3. The first-order chi connectivity index (χ1) is 17.5. The molecule has 0 fully saturated rings. The van der Waals surface area contributed by atoms with E-state index in [1.54, 1.807) is 36.4 Å². The quantitative estimate of drug-likeness (QED) is 0.304. The molecule has 0 saturated carbocycles. The van der Waals surface area contributed by atoms with Crippen molar-refractivity contribution in [1.29, 1.82) is 0 Å². The highest BCUT2D eigenvalue weighted by atomic mass is 79.9. The van der Waals surface area contributed by atoms with E-state index in [9.17, 15) is 14.4 Å². The normalized spacial score (nSPS) is 14.6. The number of aromatic amines is 1. The van der Waals surface area contributed by atoms with Crippen molar-refractivity contribution in [1.82, 2.24) is 15.5 Å². The van der Waals surface area contributed by atoms with E-state index in [-0.39, 0.29) is 21.9 Å². The molecule has 1 aromatic heterocycles. The summed E-state index contributed by atoms with van der Waals surface area (Å²) in [5, 5.41) is 14.8. The number of fused-ring (bicyclic) bond motifs is 1. The number of aromatic nitrogens is 2. The molecule has 0 saturated heterocycles. The third-order valence-corrected chi connectivity index (χ3v) is 6.24. The van der Waals surface area contributed by atoms with E-state index in [0.717, 1.165) is 11.1 Å². The van der Waals surface area contributed by atoms with Gasteiger partial charge in [-0.05, 0) is 34.1 Å².